The second-order valence-corrected chi connectivity index (χ2v) is 6.13. The molecule has 0 bridgehead atoms. The molecule has 0 spiro atoms. The van der Waals surface area contributed by atoms with Gasteiger partial charge in [0.05, 0.1) is 6.21 Å². The lowest BCUT2D eigenvalue weighted by Gasteiger charge is -2.03. The number of hydrazone groups is 1. The highest BCUT2D eigenvalue weighted by molar-refractivity contribution is 7.12. The first-order valence-electron chi connectivity index (χ1n) is 7.60. The van der Waals surface area contributed by atoms with E-state index in [1.807, 2.05) is 5.38 Å². The normalized spacial score (nSPS) is 10.6. The number of phenols is 1. The molecule has 1 aromatic heterocycles. The Labute approximate surface area is 153 Å². The molecule has 6 nitrogen and oxygen atoms in total. The van der Waals surface area contributed by atoms with Crippen molar-refractivity contribution in [2.45, 2.75) is 0 Å². The van der Waals surface area contributed by atoms with Gasteiger partial charge in [0, 0.05) is 5.56 Å². The highest BCUT2D eigenvalue weighted by atomic mass is 32.1. The van der Waals surface area contributed by atoms with Crippen molar-refractivity contribution in [3.05, 3.63) is 82.0 Å². The molecule has 1 amide bonds. The molecule has 3 aromatic rings. The summed E-state index contributed by atoms with van der Waals surface area (Å²) in [4.78, 5) is 24.3. The van der Waals surface area contributed by atoms with Gasteiger partial charge in [-0.1, -0.05) is 6.07 Å². The van der Waals surface area contributed by atoms with E-state index in [1.54, 1.807) is 36.4 Å². The lowest BCUT2D eigenvalue weighted by Crippen LogP contribution is -2.17. The van der Waals surface area contributed by atoms with E-state index in [2.05, 4.69) is 10.5 Å². The number of benzene rings is 2. The van der Waals surface area contributed by atoms with Crippen molar-refractivity contribution in [1.29, 1.82) is 0 Å². The number of hydrogen-bond donors (Lipinski definition) is 2. The van der Waals surface area contributed by atoms with E-state index in [0.29, 0.717) is 16.2 Å². The zero-order valence-electron chi connectivity index (χ0n) is 13.5. The van der Waals surface area contributed by atoms with Crippen molar-refractivity contribution in [2.75, 3.05) is 0 Å². The van der Waals surface area contributed by atoms with E-state index >= 15 is 0 Å². The number of carbonyl (C=O) groups excluding carboxylic acids is 2. The summed E-state index contributed by atoms with van der Waals surface area (Å²) in [6, 6.07) is 16.1. The molecule has 2 aromatic carbocycles. The third-order valence-corrected chi connectivity index (χ3v) is 4.17. The molecule has 130 valence electrons. The fourth-order valence-electron chi connectivity index (χ4n) is 2.02. The predicted octanol–water partition coefficient (Wildman–Crippen LogP) is 3.44. The quantitative estimate of drug-likeness (QED) is 0.313. The molecular weight excluding hydrogens is 352 g/mol. The van der Waals surface area contributed by atoms with Crippen LogP contribution in [0.4, 0.5) is 0 Å². The first-order chi connectivity index (χ1) is 12.6. The van der Waals surface area contributed by atoms with Gasteiger partial charge in [0.2, 0.25) is 0 Å². The number of ether oxygens (including phenoxy) is 1. The number of thiophene rings is 1. The molecule has 0 radical (unpaired) electrons. The largest absolute Gasteiger partial charge is 0.508 e. The Morgan fingerprint density at radius 1 is 1.04 bits per heavy atom. The number of phenolic OH excluding ortho intramolecular Hbond substituents is 1. The molecule has 0 aliphatic rings. The third-order valence-electron chi connectivity index (χ3n) is 3.32. The van der Waals surface area contributed by atoms with Crippen LogP contribution < -0.4 is 10.2 Å². The summed E-state index contributed by atoms with van der Waals surface area (Å²) in [5.74, 6) is -0.274. The number of hydrogen-bond acceptors (Lipinski definition) is 6. The van der Waals surface area contributed by atoms with E-state index in [9.17, 15) is 14.7 Å². The summed E-state index contributed by atoms with van der Waals surface area (Å²) < 4.78 is 5.26. The molecule has 7 heteroatoms. The molecule has 3 rings (SSSR count). The van der Waals surface area contributed by atoms with Crippen LogP contribution in [-0.4, -0.2) is 23.2 Å². The maximum Gasteiger partial charge on any atom is 0.353 e. The molecule has 1 heterocycles. The molecule has 2 N–H and O–H groups in total. The van der Waals surface area contributed by atoms with Gasteiger partial charge >= 0.3 is 5.97 Å². The molecule has 0 saturated heterocycles. The minimum Gasteiger partial charge on any atom is -0.508 e. The minimum absolute atomic E-state index is 0.0879. The fourth-order valence-corrected chi connectivity index (χ4v) is 2.62. The Morgan fingerprint density at radius 2 is 1.77 bits per heavy atom. The number of aromatic hydroxyl groups is 1. The highest BCUT2D eigenvalue weighted by Gasteiger charge is 2.09. The average molecular weight is 366 g/mol. The smallest absolute Gasteiger partial charge is 0.353 e. The summed E-state index contributed by atoms with van der Waals surface area (Å²) in [6.07, 6.45) is 1.48. The molecular formula is C19H14N2O4S. The van der Waals surface area contributed by atoms with Crippen LogP contribution in [0.5, 0.6) is 11.5 Å². The van der Waals surface area contributed by atoms with Crippen molar-refractivity contribution in [3.63, 3.8) is 0 Å². The molecule has 0 aliphatic heterocycles. The number of rotatable bonds is 5. The summed E-state index contributed by atoms with van der Waals surface area (Å²) >= 11 is 1.32. The molecule has 0 unspecified atom stereocenters. The highest BCUT2D eigenvalue weighted by Crippen LogP contribution is 2.16. The van der Waals surface area contributed by atoms with Gasteiger partial charge in [0.25, 0.3) is 5.91 Å². The van der Waals surface area contributed by atoms with E-state index in [0.717, 1.165) is 5.56 Å². The molecule has 26 heavy (non-hydrogen) atoms. The van der Waals surface area contributed by atoms with Gasteiger partial charge in [-0.3, -0.25) is 4.79 Å². The Morgan fingerprint density at radius 3 is 2.42 bits per heavy atom. The van der Waals surface area contributed by atoms with Gasteiger partial charge in [-0.15, -0.1) is 11.3 Å². The zero-order chi connectivity index (χ0) is 18.4. The number of nitrogens with zero attached hydrogens (tertiary/aromatic N) is 1. The van der Waals surface area contributed by atoms with Crippen molar-refractivity contribution in [3.8, 4) is 11.5 Å². The van der Waals surface area contributed by atoms with Gasteiger partial charge in [0.15, 0.2) is 0 Å². The van der Waals surface area contributed by atoms with Crippen molar-refractivity contribution < 1.29 is 19.4 Å². The standard InChI is InChI=1S/C19H14N2O4S/c22-15-7-5-14(6-8-15)18(23)21-20-12-13-3-9-16(10-4-13)25-19(24)17-2-1-11-26-17/h1-12,22H,(H,21,23)/b20-12+. The van der Waals surface area contributed by atoms with E-state index in [-0.39, 0.29) is 11.7 Å². The van der Waals surface area contributed by atoms with Crippen LogP contribution in [0.1, 0.15) is 25.6 Å². The summed E-state index contributed by atoms with van der Waals surface area (Å²) in [5, 5.41) is 14.9. The first-order valence-corrected chi connectivity index (χ1v) is 8.48. The SMILES string of the molecule is O=C(N/N=C/c1ccc(OC(=O)c2cccs2)cc1)c1ccc(O)cc1. The maximum atomic E-state index is 11.9. The van der Waals surface area contributed by atoms with Crippen LogP contribution in [0.3, 0.4) is 0 Å². The lowest BCUT2D eigenvalue weighted by atomic mass is 10.2. The number of carbonyl (C=O) groups is 2. The second-order valence-electron chi connectivity index (χ2n) is 5.18. The predicted molar refractivity (Wildman–Crippen MR) is 98.9 cm³/mol. The Hall–Kier alpha value is -3.45. The van der Waals surface area contributed by atoms with Crippen LogP contribution in [0.15, 0.2) is 71.1 Å². The van der Waals surface area contributed by atoms with Gasteiger partial charge in [-0.05, 0) is 65.5 Å². The maximum absolute atomic E-state index is 11.9. The van der Waals surface area contributed by atoms with Gasteiger partial charge in [-0.25, -0.2) is 10.2 Å². The minimum atomic E-state index is -0.400. The average Bonchev–Trinajstić information content (AvgIpc) is 3.18. The van der Waals surface area contributed by atoms with Gasteiger partial charge in [-0.2, -0.15) is 5.10 Å². The lowest BCUT2D eigenvalue weighted by molar-refractivity contribution is 0.0739. The van der Waals surface area contributed by atoms with Crippen LogP contribution >= 0.6 is 11.3 Å². The number of esters is 1. The Balaban J connectivity index is 1.55. The van der Waals surface area contributed by atoms with Gasteiger partial charge in [0.1, 0.15) is 16.4 Å². The number of amides is 1. The van der Waals surface area contributed by atoms with Crippen LogP contribution in [0, 0.1) is 0 Å². The monoisotopic (exact) mass is 366 g/mol. The molecule has 0 saturated carbocycles. The van der Waals surface area contributed by atoms with E-state index in [1.165, 1.54) is 41.8 Å². The second kappa shape index (κ2) is 8.09. The Bertz CT molecular complexity index is 917. The topological polar surface area (TPSA) is 88.0 Å². The third kappa shape index (κ3) is 4.55. The van der Waals surface area contributed by atoms with E-state index < -0.39 is 5.97 Å². The van der Waals surface area contributed by atoms with Crippen molar-refractivity contribution >= 4 is 29.4 Å². The molecule has 0 fully saturated rings. The van der Waals surface area contributed by atoms with Crippen LogP contribution in [-0.2, 0) is 0 Å². The zero-order valence-corrected chi connectivity index (χ0v) is 14.3. The van der Waals surface area contributed by atoms with E-state index in [4.69, 9.17) is 4.74 Å². The van der Waals surface area contributed by atoms with Crippen molar-refractivity contribution in [1.82, 2.24) is 5.43 Å². The van der Waals surface area contributed by atoms with Crippen LogP contribution in [0.25, 0.3) is 0 Å². The summed E-state index contributed by atoms with van der Waals surface area (Å²) in [6.45, 7) is 0. The van der Waals surface area contributed by atoms with Gasteiger partial charge < -0.3 is 9.84 Å². The molecule has 0 aliphatic carbocycles. The van der Waals surface area contributed by atoms with Crippen molar-refractivity contribution in [2.24, 2.45) is 5.10 Å². The first kappa shape index (κ1) is 17.4. The summed E-state index contributed by atoms with van der Waals surface area (Å²) in [5.41, 5.74) is 3.51. The Kier molecular flexibility index (Phi) is 5.40. The number of nitrogens with one attached hydrogen (secondary N) is 1. The van der Waals surface area contributed by atoms with Crippen LogP contribution in [0.2, 0.25) is 0 Å². The fraction of sp³-hybridized carbons (Fsp3) is 0. The molecule has 0 atom stereocenters. The summed E-state index contributed by atoms with van der Waals surface area (Å²) in [7, 11) is 0.